The van der Waals surface area contributed by atoms with Crippen molar-refractivity contribution in [1.29, 1.82) is 0 Å². The summed E-state index contributed by atoms with van der Waals surface area (Å²) in [6, 6.07) is 0. The van der Waals surface area contributed by atoms with Gasteiger partial charge in [0, 0.05) is 0 Å². The SMILES string of the molecule is C=COP(=O)(O)OC=CC(C)O. The number of hydrogen-bond acceptors (Lipinski definition) is 4. The first-order valence-corrected chi connectivity index (χ1v) is 4.63. The van der Waals surface area contributed by atoms with Crippen LogP contribution in [0.25, 0.3) is 0 Å². The maximum atomic E-state index is 10.7. The van der Waals surface area contributed by atoms with Crippen LogP contribution in [0.4, 0.5) is 0 Å². The quantitative estimate of drug-likeness (QED) is 0.507. The van der Waals surface area contributed by atoms with E-state index in [-0.39, 0.29) is 0 Å². The Morgan fingerprint density at radius 2 is 2.17 bits per heavy atom. The molecule has 0 fully saturated rings. The van der Waals surface area contributed by atoms with E-state index in [0.29, 0.717) is 0 Å². The Hall–Kier alpha value is -0.770. The van der Waals surface area contributed by atoms with Crippen molar-refractivity contribution in [1.82, 2.24) is 0 Å². The zero-order valence-corrected chi connectivity index (χ0v) is 7.48. The Labute approximate surface area is 70.5 Å². The zero-order chi connectivity index (χ0) is 9.61. The van der Waals surface area contributed by atoms with Gasteiger partial charge in [-0.1, -0.05) is 6.58 Å². The number of rotatable bonds is 5. The van der Waals surface area contributed by atoms with E-state index in [1.54, 1.807) is 0 Å². The highest BCUT2D eigenvalue weighted by Crippen LogP contribution is 2.43. The second-order valence-corrected chi connectivity index (χ2v) is 3.27. The third-order valence-corrected chi connectivity index (χ3v) is 1.56. The number of phosphoric acid groups is 1. The molecule has 12 heavy (non-hydrogen) atoms. The fourth-order valence-electron chi connectivity index (χ4n) is 0.345. The smallest absolute Gasteiger partial charge is 0.404 e. The van der Waals surface area contributed by atoms with Crippen molar-refractivity contribution in [3.05, 3.63) is 25.2 Å². The maximum absolute atomic E-state index is 10.7. The van der Waals surface area contributed by atoms with Gasteiger partial charge < -0.3 is 14.2 Å². The first-order valence-electron chi connectivity index (χ1n) is 3.13. The summed E-state index contributed by atoms with van der Waals surface area (Å²) in [5.74, 6) is 0. The highest BCUT2D eigenvalue weighted by Gasteiger charge is 2.19. The lowest BCUT2D eigenvalue weighted by Crippen LogP contribution is -1.92. The predicted molar refractivity (Wildman–Crippen MR) is 43.0 cm³/mol. The topological polar surface area (TPSA) is 76.0 Å². The molecule has 0 saturated carbocycles. The molecule has 0 radical (unpaired) electrons. The van der Waals surface area contributed by atoms with E-state index in [0.717, 1.165) is 12.5 Å². The van der Waals surface area contributed by atoms with E-state index in [1.807, 2.05) is 0 Å². The lowest BCUT2D eigenvalue weighted by atomic mass is 10.4. The molecule has 0 aliphatic rings. The second-order valence-electron chi connectivity index (χ2n) is 1.92. The van der Waals surface area contributed by atoms with Crippen molar-refractivity contribution >= 4 is 7.82 Å². The molecule has 0 saturated heterocycles. The molecule has 0 bridgehead atoms. The monoisotopic (exact) mass is 194 g/mol. The average molecular weight is 194 g/mol. The Morgan fingerprint density at radius 3 is 2.58 bits per heavy atom. The Balaban J connectivity index is 3.91. The summed E-state index contributed by atoms with van der Waals surface area (Å²) in [6.07, 6.45) is 2.15. The van der Waals surface area contributed by atoms with Crippen molar-refractivity contribution in [3.8, 4) is 0 Å². The minimum Gasteiger partial charge on any atom is -0.404 e. The van der Waals surface area contributed by atoms with Crippen molar-refractivity contribution in [2.24, 2.45) is 0 Å². The van der Waals surface area contributed by atoms with Crippen molar-refractivity contribution < 1.29 is 23.6 Å². The summed E-state index contributed by atoms with van der Waals surface area (Å²) in [7, 11) is -4.06. The normalized spacial score (nSPS) is 18.2. The molecule has 0 heterocycles. The maximum Gasteiger partial charge on any atom is 0.583 e. The van der Waals surface area contributed by atoms with E-state index >= 15 is 0 Å². The van der Waals surface area contributed by atoms with Crippen molar-refractivity contribution in [3.63, 3.8) is 0 Å². The Kier molecular flexibility index (Phi) is 4.66. The molecular formula is C6H11O5P. The molecule has 0 amide bonds. The highest BCUT2D eigenvalue weighted by atomic mass is 31.2. The van der Waals surface area contributed by atoms with E-state index in [1.165, 1.54) is 13.0 Å². The molecule has 0 aromatic heterocycles. The van der Waals surface area contributed by atoms with Crippen LogP contribution in [0.2, 0.25) is 0 Å². The molecule has 2 unspecified atom stereocenters. The van der Waals surface area contributed by atoms with E-state index in [9.17, 15) is 4.57 Å². The lowest BCUT2D eigenvalue weighted by molar-refractivity contribution is 0.228. The van der Waals surface area contributed by atoms with Gasteiger partial charge in [0.05, 0.1) is 18.6 Å². The van der Waals surface area contributed by atoms with Crippen LogP contribution in [0.1, 0.15) is 6.92 Å². The van der Waals surface area contributed by atoms with Gasteiger partial charge in [0.25, 0.3) is 0 Å². The number of phosphoric ester groups is 1. The zero-order valence-electron chi connectivity index (χ0n) is 6.58. The van der Waals surface area contributed by atoms with Crippen LogP contribution in [0.5, 0.6) is 0 Å². The molecule has 0 aromatic carbocycles. The average Bonchev–Trinajstić information content (AvgIpc) is 1.85. The van der Waals surface area contributed by atoms with Gasteiger partial charge in [-0.25, -0.2) is 4.57 Å². The van der Waals surface area contributed by atoms with E-state index in [2.05, 4.69) is 15.6 Å². The Bertz CT molecular complexity index is 210. The van der Waals surface area contributed by atoms with Crippen LogP contribution >= 0.6 is 7.82 Å². The third kappa shape index (κ3) is 5.97. The van der Waals surface area contributed by atoms with Gasteiger partial charge in [0.2, 0.25) is 0 Å². The molecule has 2 atom stereocenters. The first kappa shape index (κ1) is 11.2. The standard InChI is InChI=1S/C6H11O5P/c1-3-10-12(8,9)11-5-4-6(2)7/h3-7H,1H2,2H3,(H,8,9). The summed E-state index contributed by atoms with van der Waals surface area (Å²) < 4.78 is 19.1. The van der Waals surface area contributed by atoms with Gasteiger partial charge in [-0.05, 0) is 13.0 Å². The molecule has 0 aromatic rings. The number of hydrogen-bond donors (Lipinski definition) is 2. The van der Waals surface area contributed by atoms with Crippen LogP contribution in [-0.4, -0.2) is 16.1 Å². The molecule has 0 aliphatic heterocycles. The third-order valence-electron chi connectivity index (χ3n) is 0.759. The van der Waals surface area contributed by atoms with Crippen LogP contribution in [0.15, 0.2) is 25.2 Å². The predicted octanol–water partition coefficient (Wildman–Crippen LogP) is 1.16. The highest BCUT2D eigenvalue weighted by molar-refractivity contribution is 7.47. The molecular weight excluding hydrogens is 183 g/mol. The molecule has 6 heteroatoms. The first-order chi connectivity index (χ1) is 5.48. The summed E-state index contributed by atoms with van der Waals surface area (Å²) in [4.78, 5) is 8.73. The summed E-state index contributed by atoms with van der Waals surface area (Å²) in [6.45, 7) is 4.55. The molecule has 5 nitrogen and oxygen atoms in total. The van der Waals surface area contributed by atoms with Crippen LogP contribution in [0, 0.1) is 0 Å². The van der Waals surface area contributed by atoms with Crippen LogP contribution < -0.4 is 0 Å². The van der Waals surface area contributed by atoms with Gasteiger partial charge in [-0.15, -0.1) is 0 Å². The van der Waals surface area contributed by atoms with Crippen LogP contribution in [-0.2, 0) is 13.6 Å². The van der Waals surface area contributed by atoms with Gasteiger partial charge in [-0.3, -0.25) is 4.89 Å². The summed E-state index contributed by atoms with van der Waals surface area (Å²) in [5, 5.41) is 8.68. The van der Waals surface area contributed by atoms with Crippen molar-refractivity contribution in [2.45, 2.75) is 13.0 Å². The van der Waals surface area contributed by atoms with E-state index in [4.69, 9.17) is 10.00 Å². The molecule has 70 valence electrons. The fraction of sp³-hybridized carbons (Fsp3) is 0.333. The Morgan fingerprint density at radius 1 is 1.58 bits per heavy atom. The van der Waals surface area contributed by atoms with E-state index < -0.39 is 13.9 Å². The second kappa shape index (κ2) is 4.98. The van der Waals surface area contributed by atoms with Gasteiger partial charge in [0.15, 0.2) is 0 Å². The van der Waals surface area contributed by atoms with Crippen molar-refractivity contribution in [2.75, 3.05) is 0 Å². The molecule has 2 N–H and O–H groups in total. The summed E-state index contributed by atoms with van der Waals surface area (Å²) in [5.41, 5.74) is 0. The number of aliphatic hydroxyl groups is 1. The summed E-state index contributed by atoms with van der Waals surface area (Å²) >= 11 is 0. The molecule has 0 aliphatic carbocycles. The van der Waals surface area contributed by atoms with Gasteiger partial charge >= 0.3 is 7.82 Å². The van der Waals surface area contributed by atoms with Gasteiger partial charge in [0.1, 0.15) is 0 Å². The minimum atomic E-state index is -4.06. The number of aliphatic hydroxyl groups excluding tert-OH is 1. The minimum absolute atomic E-state index is 0.742. The molecule has 0 spiro atoms. The lowest BCUT2D eigenvalue weighted by Gasteiger charge is -2.06. The molecule has 0 rings (SSSR count). The fourth-order valence-corrected chi connectivity index (χ4v) is 0.807. The van der Waals surface area contributed by atoms with Gasteiger partial charge in [-0.2, -0.15) is 0 Å². The van der Waals surface area contributed by atoms with Crippen LogP contribution in [0.3, 0.4) is 0 Å². The largest absolute Gasteiger partial charge is 0.583 e.